The number of hydrogen-bond acceptors (Lipinski definition) is 6. The van der Waals surface area contributed by atoms with Crippen molar-refractivity contribution in [2.45, 2.75) is 36.5 Å². The molecule has 0 bridgehead atoms. The third kappa shape index (κ3) is 5.22. The average Bonchev–Trinajstić information content (AvgIpc) is 2.69. The number of nitrogens with zero attached hydrogens (tertiary/aromatic N) is 3. The zero-order valence-electron chi connectivity index (χ0n) is 15.3. The summed E-state index contributed by atoms with van der Waals surface area (Å²) in [7, 11) is 0. The second-order valence-electron chi connectivity index (χ2n) is 6.02. The fourth-order valence-electron chi connectivity index (χ4n) is 2.58. The summed E-state index contributed by atoms with van der Waals surface area (Å²) in [6, 6.07) is 15.4. The number of aromatic nitrogens is 1. The number of pyridine rings is 1. The quantitative estimate of drug-likeness (QED) is 0.714. The van der Waals surface area contributed by atoms with Crippen LogP contribution < -0.4 is 11.1 Å². The van der Waals surface area contributed by atoms with E-state index in [0.717, 1.165) is 18.2 Å². The highest BCUT2D eigenvalue weighted by molar-refractivity contribution is 8.00. The van der Waals surface area contributed by atoms with Gasteiger partial charge in [-0.05, 0) is 25.0 Å². The van der Waals surface area contributed by atoms with E-state index in [9.17, 15) is 10.1 Å². The third-order valence-electron chi connectivity index (χ3n) is 4.20. The van der Waals surface area contributed by atoms with Crippen molar-refractivity contribution in [2.24, 2.45) is 0 Å². The van der Waals surface area contributed by atoms with Crippen LogP contribution in [-0.4, -0.2) is 22.7 Å². The summed E-state index contributed by atoms with van der Waals surface area (Å²) < 4.78 is 0. The van der Waals surface area contributed by atoms with E-state index < -0.39 is 5.25 Å². The number of carbonyl (C=O) groups is 1. The molecule has 0 aliphatic carbocycles. The van der Waals surface area contributed by atoms with E-state index in [4.69, 9.17) is 11.0 Å². The zero-order valence-corrected chi connectivity index (χ0v) is 16.1. The molecule has 0 spiro atoms. The highest BCUT2D eigenvalue weighted by Crippen LogP contribution is 2.27. The van der Waals surface area contributed by atoms with E-state index in [1.54, 1.807) is 6.92 Å². The van der Waals surface area contributed by atoms with Crippen LogP contribution in [0.4, 0.5) is 5.82 Å². The maximum absolute atomic E-state index is 12.5. The molecule has 138 valence electrons. The van der Waals surface area contributed by atoms with E-state index in [0.29, 0.717) is 11.6 Å². The molecule has 7 heteroatoms. The summed E-state index contributed by atoms with van der Waals surface area (Å²) in [5, 5.41) is 21.1. The van der Waals surface area contributed by atoms with E-state index >= 15 is 0 Å². The first kappa shape index (κ1) is 20.3. The van der Waals surface area contributed by atoms with Gasteiger partial charge in [-0.3, -0.25) is 4.79 Å². The van der Waals surface area contributed by atoms with E-state index in [2.05, 4.69) is 29.4 Å². The molecule has 27 heavy (non-hydrogen) atoms. The van der Waals surface area contributed by atoms with Crippen LogP contribution in [0.3, 0.4) is 0 Å². The van der Waals surface area contributed by atoms with Gasteiger partial charge in [0.1, 0.15) is 23.0 Å². The van der Waals surface area contributed by atoms with E-state index in [-0.39, 0.29) is 28.8 Å². The van der Waals surface area contributed by atoms with Gasteiger partial charge in [-0.2, -0.15) is 10.5 Å². The molecule has 3 N–H and O–H groups in total. The largest absolute Gasteiger partial charge is 0.383 e. The fourth-order valence-corrected chi connectivity index (χ4v) is 3.49. The minimum absolute atomic E-state index is 0.0572. The molecule has 1 aromatic heterocycles. The summed E-state index contributed by atoms with van der Waals surface area (Å²) in [6.07, 6.45) is 0.915. The summed E-state index contributed by atoms with van der Waals surface area (Å²) in [5.41, 5.74) is 7.31. The fraction of sp³-hybridized carbons (Fsp3) is 0.300. The van der Waals surface area contributed by atoms with E-state index in [1.165, 1.54) is 11.6 Å². The Hall–Kier alpha value is -3.03. The van der Waals surface area contributed by atoms with Gasteiger partial charge >= 0.3 is 0 Å². The van der Waals surface area contributed by atoms with Gasteiger partial charge < -0.3 is 11.1 Å². The van der Waals surface area contributed by atoms with Gasteiger partial charge in [0.2, 0.25) is 5.91 Å². The van der Waals surface area contributed by atoms with Gasteiger partial charge in [0.15, 0.2) is 0 Å². The van der Waals surface area contributed by atoms with Crippen molar-refractivity contribution in [3.05, 3.63) is 53.1 Å². The van der Waals surface area contributed by atoms with Gasteiger partial charge in [0.05, 0.1) is 16.4 Å². The Morgan fingerprint density at radius 2 is 1.93 bits per heavy atom. The Kier molecular flexibility index (Phi) is 7.22. The highest BCUT2D eigenvalue weighted by Gasteiger charge is 2.20. The molecule has 0 saturated heterocycles. The zero-order chi connectivity index (χ0) is 19.8. The third-order valence-corrected chi connectivity index (χ3v) is 5.30. The number of carbonyl (C=O) groups excluding carboxylic acids is 1. The Morgan fingerprint density at radius 1 is 1.26 bits per heavy atom. The Labute approximate surface area is 163 Å². The number of nitriles is 2. The number of nitrogens with one attached hydrogen (secondary N) is 1. The molecule has 2 rings (SSSR count). The predicted octanol–water partition coefficient (Wildman–Crippen LogP) is 3.20. The van der Waals surface area contributed by atoms with Crippen molar-refractivity contribution in [3.8, 4) is 12.1 Å². The van der Waals surface area contributed by atoms with Crippen molar-refractivity contribution in [1.82, 2.24) is 10.3 Å². The molecule has 6 nitrogen and oxygen atoms in total. The second-order valence-corrected chi connectivity index (χ2v) is 7.35. The molecular weight excluding hydrogens is 358 g/mol. The molecule has 1 aromatic carbocycles. The SMILES string of the molecule is CC[C@@H](CNC(=O)[C@@H](C)Sc1nc(N)c(C#N)cc1C#N)c1ccccc1. The molecule has 2 aromatic rings. The van der Waals surface area contributed by atoms with Gasteiger partial charge in [0, 0.05) is 12.5 Å². The smallest absolute Gasteiger partial charge is 0.233 e. The number of hydrogen-bond donors (Lipinski definition) is 2. The lowest BCUT2D eigenvalue weighted by Gasteiger charge is -2.18. The van der Waals surface area contributed by atoms with E-state index in [1.807, 2.05) is 30.3 Å². The number of anilines is 1. The topological polar surface area (TPSA) is 116 Å². The second kappa shape index (κ2) is 9.61. The number of amides is 1. The first-order valence-electron chi connectivity index (χ1n) is 8.60. The first-order chi connectivity index (χ1) is 13.0. The molecule has 1 amide bonds. The number of nitrogen functional groups attached to an aromatic ring is 1. The van der Waals surface area contributed by atoms with Crippen LogP contribution in [0.25, 0.3) is 0 Å². The summed E-state index contributed by atoms with van der Waals surface area (Å²) in [5.74, 6) is 0.162. The maximum Gasteiger partial charge on any atom is 0.233 e. The van der Waals surface area contributed by atoms with Crippen LogP contribution in [0.5, 0.6) is 0 Å². The van der Waals surface area contributed by atoms with Crippen LogP contribution in [0.1, 0.15) is 42.9 Å². The molecule has 0 radical (unpaired) electrons. The summed E-state index contributed by atoms with van der Waals surface area (Å²) in [6.45, 7) is 4.38. The number of thioether (sulfide) groups is 1. The van der Waals surface area contributed by atoms with Crippen molar-refractivity contribution in [1.29, 1.82) is 10.5 Å². The maximum atomic E-state index is 12.5. The normalized spacial score (nSPS) is 12.4. The first-order valence-corrected chi connectivity index (χ1v) is 9.48. The standard InChI is InChI=1S/C20H21N5OS/c1-3-14(15-7-5-4-6-8-15)12-24-19(26)13(2)27-20-17(11-22)9-16(10-21)18(23)25-20/h4-9,13-14H,3,12H2,1-2H3,(H2,23,25)(H,24,26)/t13-,14+/m1/s1. The number of rotatable bonds is 7. The molecule has 0 unspecified atom stereocenters. The molecule has 0 aliphatic rings. The monoisotopic (exact) mass is 379 g/mol. The van der Waals surface area contributed by atoms with Crippen molar-refractivity contribution < 1.29 is 4.79 Å². The van der Waals surface area contributed by atoms with Gasteiger partial charge in [-0.15, -0.1) is 0 Å². The minimum atomic E-state index is -0.454. The lowest BCUT2D eigenvalue weighted by atomic mass is 9.96. The summed E-state index contributed by atoms with van der Waals surface area (Å²) >= 11 is 1.16. The van der Waals surface area contributed by atoms with Gasteiger partial charge in [-0.25, -0.2) is 4.98 Å². The van der Waals surface area contributed by atoms with Crippen molar-refractivity contribution in [2.75, 3.05) is 12.3 Å². The number of nitrogens with two attached hydrogens (primary N) is 1. The van der Waals surface area contributed by atoms with Crippen LogP contribution in [0.15, 0.2) is 41.4 Å². The summed E-state index contributed by atoms with van der Waals surface area (Å²) in [4.78, 5) is 16.6. The lowest BCUT2D eigenvalue weighted by molar-refractivity contribution is -0.120. The van der Waals surface area contributed by atoms with Gasteiger partial charge in [-0.1, -0.05) is 49.0 Å². The molecule has 1 heterocycles. The average molecular weight is 379 g/mol. The van der Waals surface area contributed by atoms with Crippen LogP contribution >= 0.6 is 11.8 Å². The lowest BCUT2D eigenvalue weighted by Crippen LogP contribution is -2.34. The number of benzene rings is 1. The van der Waals surface area contributed by atoms with Crippen LogP contribution in [-0.2, 0) is 4.79 Å². The Balaban J connectivity index is 2.03. The predicted molar refractivity (Wildman–Crippen MR) is 106 cm³/mol. The minimum Gasteiger partial charge on any atom is -0.383 e. The Bertz CT molecular complexity index is 886. The van der Waals surface area contributed by atoms with Crippen molar-refractivity contribution >= 4 is 23.5 Å². The molecule has 0 saturated carbocycles. The molecule has 0 fully saturated rings. The van der Waals surface area contributed by atoms with Crippen LogP contribution in [0, 0.1) is 22.7 Å². The molecular formula is C20H21N5OS. The Morgan fingerprint density at radius 3 is 2.52 bits per heavy atom. The van der Waals surface area contributed by atoms with Crippen LogP contribution in [0.2, 0.25) is 0 Å². The van der Waals surface area contributed by atoms with Gasteiger partial charge in [0.25, 0.3) is 0 Å². The van der Waals surface area contributed by atoms with Crippen molar-refractivity contribution in [3.63, 3.8) is 0 Å². The molecule has 0 aliphatic heterocycles. The molecule has 2 atom stereocenters. The highest BCUT2D eigenvalue weighted by atomic mass is 32.2.